The van der Waals surface area contributed by atoms with Crippen LogP contribution < -0.4 is 4.72 Å². The Balaban J connectivity index is 2.25. The van der Waals surface area contributed by atoms with Gasteiger partial charge in [-0.05, 0) is 31.7 Å². The summed E-state index contributed by atoms with van der Waals surface area (Å²) in [5, 5.41) is 9.31. The molecule has 0 amide bonds. The number of nitrogens with zero attached hydrogens (tertiary/aromatic N) is 1. The van der Waals surface area contributed by atoms with Crippen LogP contribution in [-0.4, -0.2) is 24.1 Å². The van der Waals surface area contributed by atoms with Crippen LogP contribution in [0, 0.1) is 0 Å². The molecule has 6 heteroatoms. The lowest BCUT2D eigenvalue weighted by Gasteiger charge is -2.13. The van der Waals surface area contributed by atoms with Crippen LogP contribution in [0.25, 0.3) is 0 Å². The second-order valence-electron chi connectivity index (χ2n) is 5.10. The fourth-order valence-electron chi connectivity index (χ4n) is 2.21. The van der Waals surface area contributed by atoms with Crippen molar-refractivity contribution in [1.82, 2.24) is 9.29 Å². The van der Waals surface area contributed by atoms with E-state index in [9.17, 15) is 13.5 Å². The highest BCUT2D eigenvalue weighted by molar-refractivity contribution is 7.89. The summed E-state index contributed by atoms with van der Waals surface area (Å²) in [6, 6.07) is 1.90. The first-order valence-electron chi connectivity index (χ1n) is 6.85. The normalized spacial score (nSPS) is 16.2. The molecule has 1 saturated carbocycles. The van der Waals surface area contributed by atoms with Crippen molar-refractivity contribution in [3.05, 3.63) is 18.0 Å². The van der Waals surface area contributed by atoms with E-state index in [0.717, 1.165) is 25.7 Å². The number of aliphatic hydroxyl groups excluding tert-OH is 1. The summed E-state index contributed by atoms with van der Waals surface area (Å²) in [7, 11) is -3.48. The van der Waals surface area contributed by atoms with Crippen molar-refractivity contribution < 1.29 is 13.5 Å². The highest BCUT2D eigenvalue weighted by Gasteiger charge is 2.28. The predicted molar refractivity (Wildman–Crippen MR) is 73.3 cm³/mol. The van der Waals surface area contributed by atoms with Crippen LogP contribution in [0.2, 0.25) is 0 Å². The molecule has 1 fully saturated rings. The van der Waals surface area contributed by atoms with Gasteiger partial charge in [0.05, 0.1) is 11.5 Å². The Morgan fingerprint density at radius 2 is 2.05 bits per heavy atom. The molecule has 1 aromatic rings. The average Bonchev–Trinajstić information content (AvgIpc) is 3.14. The summed E-state index contributed by atoms with van der Waals surface area (Å²) in [6.45, 7) is 3.80. The molecule has 0 aromatic carbocycles. The third-order valence-corrected chi connectivity index (χ3v) is 5.11. The minimum atomic E-state index is -3.48. The molecule has 108 valence electrons. The summed E-state index contributed by atoms with van der Waals surface area (Å²) in [5.41, 5.74) is 0.674. The molecular formula is C13H22N2O3S. The maximum atomic E-state index is 12.3. The molecule has 1 aliphatic carbocycles. The molecule has 1 heterocycles. The quantitative estimate of drug-likeness (QED) is 0.802. The van der Waals surface area contributed by atoms with Crippen molar-refractivity contribution >= 4 is 10.0 Å². The smallest absolute Gasteiger partial charge is 0.242 e. The van der Waals surface area contributed by atoms with Gasteiger partial charge in [-0.1, -0.05) is 13.8 Å². The summed E-state index contributed by atoms with van der Waals surface area (Å²) >= 11 is 0. The van der Waals surface area contributed by atoms with Crippen LogP contribution in [0.15, 0.2) is 17.2 Å². The zero-order valence-electron chi connectivity index (χ0n) is 11.5. The number of sulfonamides is 1. The second-order valence-corrected chi connectivity index (χ2v) is 6.81. The van der Waals surface area contributed by atoms with Gasteiger partial charge < -0.3 is 9.67 Å². The van der Waals surface area contributed by atoms with Crippen molar-refractivity contribution in [2.24, 2.45) is 0 Å². The minimum absolute atomic E-state index is 0.0353. The van der Waals surface area contributed by atoms with Crippen LogP contribution in [-0.2, 0) is 16.6 Å². The highest BCUT2D eigenvalue weighted by Crippen LogP contribution is 2.37. The molecule has 1 aromatic heterocycles. The first-order chi connectivity index (χ1) is 9.01. The molecule has 2 N–H and O–H groups in total. The van der Waals surface area contributed by atoms with Gasteiger partial charge in [0.1, 0.15) is 0 Å². The van der Waals surface area contributed by atoms with Gasteiger partial charge >= 0.3 is 0 Å². The Hall–Kier alpha value is -0.850. The molecule has 2 rings (SSSR count). The SMILES string of the molecule is CCC(CC)NS(=O)(=O)c1cc(CO)n(C2CC2)c1. The lowest BCUT2D eigenvalue weighted by molar-refractivity contribution is 0.270. The molecule has 0 bridgehead atoms. The molecule has 0 saturated heterocycles. The zero-order valence-corrected chi connectivity index (χ0v) is 12.3. The topological polar surface area (TPSA) is 71.3 Å². The van der Waals surface area contributed by atoms with E-state index in [1.54, 1.807) is 12.3 Å². The molecule has 0 atom stereocenters. The van der Waals surface area contributed by atoms with Gasteiger partial charge in [-0.25, -0.2) is 13.1 Å². The highest BCUT2D eigenvalue weighted by atomic mass is 32.2. The van der Waals surface area contributed by atoms with E-state index in [-0.39, 0.29) is 17.5 Å². The van der Waals surface area contributed by atoms with E-state index >= 15 is 0 Å². The standard InChI is InChI=1S/C13H22N2O3S/c1-3-10(4-2)14-19(17,18)13-7-12(9-16)15(8-13)11-5-6-11/h7-8,10-11,14,16H,3-6,9H2,1-2H3. The number of aromatic nitrogens is 1. The maximum absolute atomic E-state index is 12.3. The molecule has 5 nitrogen and oxygen atoms in total. The Morgan fingerprint density at radius 3 is 2.53 bits per heavy atom. The molecule has 0 unspecified atom stereocenters. The first-order valence-corrected chi connectivity index (χ1v) is 8.34. The predicted octanol–water partition coefficient (Wildman–Crippen LogP) is 1.78. The molecular weight excluding hydrogens is 264 g/mol. The minimum Gasteiger partial charge on any atom is -0.390 e. The van der Waals surface area contributed by atoms with Crippen LogP contribution in [0.5, 0.6) is 0 Å². The molecule has 1 aliphatic rings. The monoisotopic (exact) mass is 286 g/mol. The van der Waals surface area contributed by atoms with E-state index in [2.05, 4.69) is 4.72 Å². The van der Waals surface area contributed by atoms with Crippen molar-refractivity contribution in [3.63, 3.8) is 0 Å². The van der Waals surface area contributed by atoms with Gasteiger partial charge in [0, 0.05) is 24.0 Å². The largest absolute Gasteiger partial charge is 0.390 e. The number of aliphatic hydroxyl groups is 1. The fourth-order valence-corrected chi connectivity index (χ4v) is 3.66. The second kappa shape index (κ2) is 5.64. The van der Waals surface area contributed by atoms with E-state index < -0.39 is 10.0 Å². The van der Waals surface area contributed by atoms with Gasteiger partial charge in [0.2, 0.25) is 10.0 Å². The number of hydrogen-bond donors (Lipinski definition) is 2. The Morgan fingerprint density at radius 1 is 1.42 bits per heavy atom. The van der Waals surface area contributed by atoms with Crippen molar-refractivity contribution in [2.75, 3.05) is 0 Å². The molecule has 0 radical (unpaired) electrons. The Bertz CT molecular complexity index is 528. The van der Waals surface area contributed by atoms with Crippen molar-refractivity contribution in [2.45, 2.75) is 63.1 Å². The van der Waals surface area contributed by atoms with Gasteiger partial charge in [-0.2, -0.15) is 0 Å². The lowest BCUT2D eigenvalue weighted by Crippen LogP contribution is -2.33. The van der Waals surface area contributed by atoms with Crippen LogP contribution >= 0.6 is 0 Å². The summed E-state index contributed by atoms with van der Waals surface area (Å²) < 4.78 is 29.2. The Labute approximate surface area is 114 Å². The van der Waals surface area contributed by atoms with E-state index in [1.807, 2.05) is 18.4 Å². The summed E-state index contributed by atoms with van der Waals surface area (Å²) in [4.78, 5) is 0.260. The number of hydrogen-bond acceptors (Lipinski definition) is 3. The van der Waals surface area contributed by atoms with Gasteiger partial charge in [0.15, 0.2) is 0 Å². The number of rotatable bonds is 7. The van der Waals surface area contributed by atoms with E-state index in [4.69, 9.17) is 0 Å². The van der Waals surface area contributed by atoms with E-state index in [1.165, 1.54) is 0 Å². The fraction of sp³-hybridized carbons (Fsp3) is 0.692. The third kappa shape index (κ3) is 3.19. The summed E-state index contributed by atoms with van der Waals surface area (Å²) in [6.07, 6.45) is 5.30. The Kier molecular flexibility index (Phi) is 4.32. The van der Waals surface area contributed by atoms with Crippen LogP contribution in [0.4, 0.5) is 0 Å². The molecule has 0 spiro atoms. The van der Waals surface area contributed by atoms with Gasteiger partial charge in [-0.15, -0.1) is 0 Å². The molecule has 19 heavy (non-hydrogen) atoms. The third-order valence-electron chi connectivity index (χ3n) is 3.63. The van der Waals surface area contributed by atoms with E-state index in [0.29, 0.717) is 11.7 Å². The number of nitrogens with one attached hydrogen (secondary N) is 1. The van der Waals surface area contributed by atoms with Crippen molar-refractivity contribution in [1.29, 1.82) is 0 Å². The van der Waals surface area contributed by atoms with Gasteiger partial charge in [-0.3, -0.25) is 0 Å². The van der Waals surface area contributed by atoms with Gasteiger partial charge in [0.25, 0.3) is 0 Å². The van der Waals surface area contributed by atoms with Crippen molar-refractivity contribution in [3.8, 4) is 0 Å². The van der Waals surface area contributed by atoms with Crippen LogP contribution in [0.1, 0.15) is 51.3 Å². The maximum Gasteiger partial charge on any atom is 0.242 e. The first kappa shape index (κ1) is 14.6. The van der Waals surface area contributed by atoms with Crippen LogP contribution in [0.3, 0.4) is 0 Å². The lowest BCUT2D eigenvalue weighted by atomic mass is 10.2. The molecule has 0 aliphatic heterocycles. The zero-order chi connectivity index (χ0) is 14.0. The summed E-state index contributed by atoms with van der Waals surface area (Å²) in [5.74, 6) is 0. The average molecular weight is 286 g/mol.